The SMILES string of the molecule is N#Cc1ccc2c(c1)c(-c1ccnc3ccccc13)nn2CC(=O)O. The number of fused-ring (bicyclic) bond motifs is 2. The number of nitriles is 1. The molecule has 120 valence electrons. The number of aliphatic carboxylic acids is 1. The monoisotopic (exact) mass is 328 g/mol. The van der Waals surface area contributed by atoms with E-state index >= 15 is 0 Å². The Bertz CT molecular complexity index is 1170. The van der Waals surface area contributed by atoms with Crippen molar-refractivity contribution in [3.63, 3.8) is 0 Å². The molecule has 6 nitrogen and oxygen atoms in total. The van der Waals surface area contributed by atoms with Crippen LogP contribution in [-0.4, -0.2) is 25.8 Å². The van der Waals surface area contributed by atoms with Gasteiger partial charge in [0, 0.05) is 22.5 Å². The number of benzene rings is 2. The molecule has 25 heavy (non-hydrogen) atoms. The Kier molecular flexibility index (Phi) is 3.40. The van der Waals surface area contributed by atoms with Gasteiger partial charge in [-0.05, 0) is 30.3 Å². The lowest BCUT2D eigenvalue weighted by Crippen LogP contribution is -2.09. The molecular formula is C19H12N4O2. The van der Waals surface area contributed by atoms with Crippen molar-refractivity contribution in [2.75, 3.05) is 0 Å². The van der Waals surface area contributed by atoms with Gasteiger partial charge in [-0.15, -0.1) is 0 Å². The first kappa shape index (κ1) is 14.8. The van der Waals surface area contributed by atoms with Crippen LogP contribution in [0.3, 0.4) is 0 Å². The second-order valence-electron chi connectivity index (χ2n) is 5.62. The standard InChI is InChI=1S/C19H12N4O2/c20-10-12-5-6-17-15(9-12)19(22-23(17)11-18(24)25)14-7-8-21-16-4-2-1-3-13(14)16/h1-9H,11H2,(H,24,25). The molecule has 0 aliphatic heterocycles. The highest BCUT2D eigenvalue weighted by molar-refractivity contribution is 6.02. The summed E-state index contributed by atoms with van der Waals surface area (Å²) in [5, 5.41) is 24.6. The van der Waals surface area contributed by atoms with Crippen LogP contribution in [0.15, 0.2) is 54.7 Å². The van der Waals surface area contributed by atoms with Crippen LogP contribution in [0.25, 0.3) is 33.1 Å². The van der Waals surface area contributed by atoms with Gasteiger partial charge < -0.3 is 5.11 Å². The smallest absolute Gasteiger partial charge is 0.325 e. The molecule has 0 aliphatic rings. The lowest BCUT2D eigenvalue weighted by molar-refractivity contribution is -0.137. The largest absolute Gasteiger partial charge is 0.480 e. The van der Waals surface area contributed by atoms with Crippen LogP contribution in [0, 0.1) is 11.3 Å². The van der Waals surface area contributed by atoms with Crippen molar-refractivity contribution in [1.82, 2.24) is 14.8 Å². The van der Waals surface area contributed by atoms with Crippen molar-refractivity contribution in [2.24, 2.45) is 0 Å². The normalized spacial score (nSPS) is 10.8. The highest BCUT2D eigenvalue weighted by Crippen LogP contribution is 2.32. The van der Waals surface area contributed by atoms with E-state index in [1.54, 1.807) is 24.4 Å². The first-order valence-corrected chi connectivity index (χ1v) is 7.64. The predicted octanol–water partition coefficient (Wildman–Crippen LogP) is 3.21. The number of carboxylic acid groups (broad SMARTS) is 1. The summed E-state index contributed by atoms with van der Waals surface area (Å²) < 4.78 is 1.45. The summed E-state index contributed by atoms with van der Waals surface area (Å²) in [5.74, 6) is -0.972. The zero-order valence-corrected chi connectivity index (χ0v) is 13.0. The van der Waals surface area contributed by atoms with E-state index in [-0.39, 0.29) is 6.54 Å². The van der Waals surface area contributed by atoms with Crippen molar-refractivity contribution in [3.8, 4) is 17.3 Å². The van der Waals surface area contributed by atoms with Gasteiger partial charge in [-0.25, -0.2) is 0 Å². The van der Waals surface area contributed by atoms with Crippen LogP contribution in [0.1, 0.15) is 5.56 Å². The first-order valence-electron chi connectivity index (χ1n) is 7.64. The number of aromatic nitrogens is 3. The lowest BCUT2D eigenvalue weighted by atomic mass is 10.0. The summed E-state index contributed by atoms with van der Waals surface area (Å²) in [6.45, 7) is -0.245. The quantitative estimate of drug-likeness (QED) is 0.623. The maximum Gasteiger partial charge on any atom is 0.325 e. The minimum atomic E-state index is -0.972. The van der Waals surface area contributed by atoms with E-state index in [4.69, 9.17) is 5.11 Å². The molecule has 0 spiro atoms. The Hall–Kier alpha value is -3.72. The van der Waals surface area contributed by atoms with Crippen LogP contribution in [0.5, 0.6) is 0 Å². The van der Waals surface area contributed by atoms with E-state index in [1.807, 2.05) is 30.3 Å². The van der Waals surface area contributed by atoms with Crippen LogP contribution < -0.4 is 0 Å². The number of rotatable bonds is 3. The van der Waals surface area contributed by atoms with Crippen LogP contribution in [-0.2, 0) is 11.3 Å². The highest BCUT2D eigenvalue weighted by atomic mass is 16.4. The average Bonchev–Trinajstić information content (AvgIpc) is 2.98. The molecule has 2 aromatic heterocycles. The van der Waals surface area contributed by atoms with E-state index < -0.39 is 5.97 Å². The van der Waals surface area contributed by atoms with E-state index in [0.29, 0.717) is 16.8 Å². The number of para-hydroxylation sites is 1. The van der Waals surface area contributed by atoms with Crippen molar-refractivity contribution in [3.05, 3.63) is 60.3 Å². The Morgan fingerprint density at radius 1 is 1.16 bits per heavy atom. The summed E-state index contributed by atoms with van der Waals surface area (Å²) in [6, 6.07) is 16.8. The zero-order chi connectivity index (χ0) is 17.4. The van der Waals surface area contributed by atoms with Gasteiger partial charge in [-0.1, -0.05) is 18.2 Å². The topological polar surface area (TPSA) is 91.8 Å². The molecule has 0 aliphatic carbocycles. The van der Waals surface area contributed by atoms with Crippen LogP contribution in [0.2, 0.25) is 0 Å². The molecule has 2 aromatic carbocycles. The lowest BCUT2D eigenvalue weighted by Gasteiger charge is -2.03. The number of carbonyl (C=O) groups is 1. The Balaban J connectivity index is 2.06. The molecule has 1 N–H and O–H groups in total. The Morgan fingerprint density at radius 3 is 2.80 bits per heavy atom. The molecule has 4 rings (SSSR count). The highest BCUT2D eigenvalue weighted by Gasteiger charge is 2.16. The van der Waals surface area contributed by atoms with E-state index in [1.165, 1.54) is 4.68 Å². The number of hydrogen-bond donors (Lipinski definition) is 1. The van der Waals surface area contributed by atoms with Gasteiger partial charge in [-0.3, -0.25) is 14.5 Å². The van der Waals surface area contributed by atoms with Gasteiger partial charge in [0.2, 0.25) is 0 Å². The van der Waals surface area contributed by atoms with E-state index in [0.717, 1.165) is 21.9 Å². The van der Waals surface area contributed by atoms with E-state index in [9.17, 15) is 10.1 Å². The van der Waals surface area contributed by atoms with Crippen molar-refractivity contribution in [2.45, 2.75) is 6.54 Å². The molecule has 0 amide bonds. The fourth-order valence-electron chi connectivity index (χ4n) is 3.00. The Labute approximate surface area is 142 Å². The fraction of sp³-hybridized carbons (Fsp3) is 0.0526. The third-order valence-electron chi connectivity index (χ3n) is 4.07. The van der Waals surface area contributed by atoms with Crippen molar-refractivity contribution < 1.29 is 9.90 Å². The second kappa shape index (κ2) is 5.73. The molecule has 6 heteroatoms. The van der Waals surface area contributed by atoms with Gasteiger partial charge in [0.25, 0.3) is 0 Å². The number of pyridine rings is 1. The summed E-state index contributed by atoms with van der Waals surface area (Å²) in [6.07, 6.45) is 1.70. The molecule has 4 aromatic rings. The molecule has 0 saturated carbocycles. The molecule has 0 radical (unpaired) electrons. The van der Waals surface area contributed by atoms with Crippen molar-refractivity contribution in [1.29, 1.82) is 5.26 Å². The minimum absolute atomic E-state index is 0.245. The van der Waals surface area contributed by atoms with Gasteiger partial charge in [0.1, 0.15) is 12.2 Å². The number of hydrogen-bond acceptors (Lipinski definition) is 4. The minimum Gasteiger partial charge on any atom is -0.480 e. The molecule has 0 fully saturated rings. The van der Waals surface area contributed by atoms with E-state index in [2.05, 4.69) is 16.2 Å². The molecule has 2 heterocycles. The fourth-order valence-corrected chi connectivity index (χ4v) is 3.00. The van der Waals surface area contributed by atoms with Gasteiger partial charge in [0.05, 0.1) is 22.7 Å². The third-order valence-corrected chi connectivity index (χ3v) is 4.07. The summed E-state index contributed by atoms with van der Waals surface area (Å²) >= 11 is 0. The second-order valence-corrected chi connectivity index (χ2v) is 5.62. The molecule has 0 bridgehead atoms. The molecule has 0 unspecified atom stereocenters. The summed E-state index contributed by atoms with van der Waals surface area (Å²) in [4.78, 5) is 15.5. The third kappa shape index (κ3) is 2.48. The summed E-state index contributed by atoms with van der Waals surface area (Å²) in [5.41, 5.74) is 3.51. The van der Waals surface area contributed by atoms with Crippen molar-refractivity contribution >= 4 is 27.8 Å². The predicted molar refractivity (Wildman–Crippen MR) is 92.8 cm³/mol. The summed E-state index contributed by atoms with van der Waals surface area (Å²) in [7, 11) is 0. The zero-order valence-electron chi connectivity index (χ0n) is 13.0. The maximum absolute atomic E-state index is 11.2. The Morgan fingerprint density at radius 2 is 2.00 bits per heavy atom. The number of carboxylic acids is 1. The maximum atomic E-state index is 11.2. The molecular weight excluding hydrogens is 316 g/mol. The number of nitrogens with zero attached hydrogens (tertiary/aromatic N) is 4. The van der Waals surface area contributed by atoms with Gasteiger partial charge in [0.15, 0.2) is 0 Å². The van der Waals surface area contributed by atoms with Gasteiger partial charge in [-0.2, -0.15) is 10.4 Å². The van der Waals surface area contributed by atoms with Crippen LogP contribution >= 0.6 is 0 Å². The van der Waals surface area contributed by atoms with Crippen LogP contribution in [0.4, 0.5) is 0 Å². The first-order chi connectivity index (χ1) is 12.2. The average molecular weight is 328 g/mol. The van der Waals surface area contributed by atoms with Gasteiger partial charge >= 0.3 is 5.97 Å². The molecule has 0 atom stereocenters. The molecule has 0 saturated heterocycles.